The van der Waals surface area contributed by atoms with E-state index >= 15 is 0 Å². The van der Waals surface area contributed by atoms with Crippen LogP contribution in [0.25, 0.3) is 0 Å². The maximum absolute atomic E-state index is 11.7. The highest BCUT2D eigenvalue weighted by atomic mass is 35.5. The fraction of sp³-hybridized carbons (Fsp3) is 0.636. The van der Waals surface area contributed by atoms with E-state index in [1.54, 1.807) is 13.0 Å². The number of amides is 1. The standard InChI is InChI=1S/C11H19N3O2.ClH/c1-7(2)4-9(6-12)13-11(15)10-5-8(3)14-16-10;/h5,7,9H,4,6,12H2,1-3H3,(H,13,15);1H. The number of nitrogens with one attached hydrogen (secondary N) is 1. The van der Waals surface area contributed by atoms with Gasteiger partial charge in [-0.25, -0.2) is 0 Å². The minimum absolute atomic E-state index is 0. The number of carbonyl (C=O) groups is 1. The number of aromatic nitrogens is 1. The third kappa shape index (κ3) is 5.19. The first-order chi connectivity index (χ1) is 7.52. The Hall–Kier alpha value is -1.07. The zero-order valence-corrected chi connectivity index (χ0v) is 11.2. The molecule has 0 spiro atoms. The Morgan fingerprint density at radius 1 is 1.59 bits per heavy atom. The maximum Gasteiger partial charge on any atom is 0.290 e. The summed E-state index contributed by atoms with van der Waals surface area (Å²) >= 11 is 0. The van der Waals surface area contributed by atoms with Crippen LogP contribution >= 0.6 is 12.4 Å². The van der Waals surface area contributed by atoms with Crippen LogP contribution in [0.2, 0.25) is 0 Å². The monoisotopic (exact) mass is 261 g/mol. The van der Waals surface area contributed by atoms with Gasteiger partial charge in [-0.1, -0.05) is 19.0 Å². The molecule has 0 radical (unpaired) electrons. The Kier molecular flexibility index (Phi) is 6.83. The molecule has 17 heavy (non-hydrogen) atoms. The van der Waals surface area contributed by atoms with Gasteiger partial charge in [-0.05, 0) is 19.3 Å². The number of nitrogens with zero attached hydrogens (tertiary/aromatic N) is 1. The van der Waals surface area contributed by atoms with E-state index in [4.69, 9.17) is 10.3 Å². The van der Waals surface area contributed by atoms with Crippen LogP contribution < -0.4 is 11.1 Å². The molecule has 3 N–H and O–H groups in total. The summed E-state index contributed by atoms with van der Waals surface area (Å²) < 4.78 is 4.87. The van der Waals surface area contributed by atoms with Gasteiger partial charge in [0, 0.05) is 18.7 Å². The SMILES string of the molecule is Cc1cc(C(=O)NC(CN)CC(C)C)on1.Cl. The third-order valence-electron chi connectivity index (χ3n) is 2.23. The molecule has 1 heterocycles. The highest BCUT2D eigenvalue weighted by molar-refractivity contribution is 5.91. The van der Waals surface area contributed by atoms with Crippen LogP contribution in [0, 0.1) is 12.8 Å². The Balaban J connectivity index is 0.00000256. The summed E-state index contributed by atoms with van der Waals surface area (Å²) in [7, 11) is 0. The number of halogens is 1. The van der Waals surface area contributed by atoms with Gasteiger partial charge in [-0.3, -0.25) is 4.79 Å². The van der Waals surface area contributed by atoms with Gasteiger partial charge in [0.1, 0.15) is 0 Å². The highest BCUT2D eigenvalue weighted by Gasteiger charge is 2.16. The fourth-order valence-electron chi connectivity index (χ4n) is 1.51. The molecule has 0 fully saturated rings. The third-order valence-corrected chi connectivity index (χ3v) is 2.23. The molecule has 0 aliphatic heterocycles. The van der Waals surface area contributed by atoms with Gasteiger partial charge in [-0.2, -0.15) is 0 Å². The number of hydrogen-bond donors (Lipinski definition) is 2. The van der Waals surface area contributed by atoms with Gasteiger partial charge in [-0.15, -0.1) is 12.4 Å². The molecule has 1 atom stereocenters. The van der Waals surface area contributed by atoms with Crippen LogP contribution in [0.4, 0.5) is 0 Å². The van der Waals surface area contributed by atoms with Crippen molar-refractivity contribution in [3.63, 3.8) is 0 Å². The number of nitrogens with two attached hydrogens (primary N) is 1. The van der Waals surface area contributed by atoms with Crippen molar-refractivity contribution < 1.29 is 9.32 Å². The summed E-state index contributed by atoms with van der Waals surface area (Å²) in [4.78, 5) is 11.7. The molecule has 1 rings (SSSR count). The summed E-state index contributed by atoms with van der Waals surface area (Å²) in [6, 6.07) is 1.59. The predicted molar refractivity (Wildman–Crippen MR) is 68.3 cm³/mol. The predicted octanol–water partition coefficient (Wildman–Crippen LogP) is 1.51. The van der Waals surface area contributed by atoms with Gasteiger partial charge >= 0.3 is 0 Å². The molecule has 98 valence electrons. The molecule has 1 aromatic rings. The molecular weight excluding hydrogens is 242 g/mol. The number of hydrogen-bond acceptors (Lipinski definition) is 4. The van der Waals surface area contributed by atoms with Gasteiger partial charge in [0.2, 0.25) is 5.76 Å². The van der Waals surface area contributed by atoms with Crippen molar-refractivity contribution in [3.8, 4) is 0 Å². The molecule has 5 nitrogen and oxygen atoms in total. The van der Waals surface area contributed by atoms with E-state index in [2.05, 4.69) is 24.3 Å². The molecule has 1 amide bonds. The zero-order chi connectivity index (χ0) is 12.1. The summed E-state index contributed by atoms with van der Waals surface area (Å²) in [6.07, 6.45) is 0.857. The van der Waals surface area contributed by atoms with E-state index in [-0.39, 0.29) is 30.1 Å². The second-order valence-corrected chi connectivity index (χ2v) is 4.37. The molecular formula is C11H20ClN3O2. The Labute approximate surface area is 108 Å². The Morgan fingerprint density at radius 3 is 2.65 bits per heavy atom. The second kappa shape index (κ2) is 7.29. The number of rotatable bonds is 5. The van der Waals surface area contributed by atoms with Crippen molar-refractivity contribution in [1.29, 1.82) is 0 Å². The lowest BCUT2D eigenvalue weighted by Gasteiger charge is -2.17. The minimum Gasteiger partial charge on any atom is -0.351 e. The smallest absolute Gasteiger partial charge is 0.290 e. The van der Waals surface area contributed by atoms with E-state index in [9.17, 15) is 4.79 Å². The lowest BCUT2D eigenvalue weighted by atomic mass is 10.0. The van der Waals surface area contributed by atoms with Crippen LogP contribution in [-0.2, 0) is 0 Å². The van der Waals surface area contributed by atoms with Gasteiger partial charge in [0.15, 0.2) is 0 Å². The summed E-state index contributed by atoms with van der Waals surface area (Å²) in [5.74, 6) is 0.474. The average molecular weight is 262 g/mol. The van der Waals surface area contributed by atoms with Crippen LogP contribution in [0.1, 0.15) is 36.5 Å². The summed E-state index contributed by atoms with van der Waals surface area (Å²) in [5.41, 5.74) is 6.28. The van der Waals surface area contributed by atoms with E-state index in [1.165, 1.54) is 0 Å². The van der Waals surface area contributed by atoms with Crippen molar-refractivity contribution in [3.05, 3.63) is 17.5 Å². The van der Waals surface area contributed by atoms with Gasteiger partial charge < -0.3 is 15.6 Å². The maximum atomic E-state index is 11.7. The molecule has 0 bridgehead atoms. The first-order valence-corrected chi connectivity index (χ1v) is 5.47. The number of aryl methyl sites for hydroxylation is 1. The van der Waals surface area contributed by atoms with E-state index in [0.29, 0.717) is 18.2 Å². The molecule has 1 aromatic heterocycles. The number of carbonyl (C=O) groups excluding carboxylic acids is 1. The van der Waals surface area contributed by atoms with Crippen molar-refractivity contribution >= 4 is 18.3 Å². The lowest BCUT2D eigenvalue weighted by Crippen LogP contribution is -2.40. The topological polar surface area (TPSA) is 81.2 Å². The van der Waals surface area contributed by atoms with E-state index in [1.807, 2.05) is 0 Å². The van der Waals surface area contributed by atoms with E-state index < -0.39 is 0 Å². The quantitative estimate of drug-likeness (QED) is 0.842. The fourth-order valence-corrected chi connectivity index (χ4v) is 1.51. The van der Waals surface area contributed by atoms with Gasteiger partial charge in [0.05, 0.1) is 5.69 Å². The van der Waals surface area contributed by atoms with Crippen molar-refractivity contribution in [1.82, 2.24) is 10.5 Å². The Bertz CT molecular complexity index is 352. The lowest BCUT2D eigenvalue weighted by molar-refractivity contribution is 0.0896. The molecule has 0 aliphatic rings. The van der Waals surface area contributed by atoms with Crippen LogP contribution in [0.5, 0.6) is 0 Å². The molecule has 0 aliphatic carbocycles. The highest BCUT2D eigenvalue weighted by Crippen LogP contribution is 2.06. The average Bonchev–Trinajstić information content (AvgIpc) is 2.63. The van der Waals surface area contributed by atoms with Crippen LogP contribution in [0.3, 0.4) is 0 Å². The van der Waals surface area contributed by atoms with Crippen LogP contribution in [0.15, 0.2) is 10.6 Å². The summed E-state index contributed by atoms with van der Waals surface area (Å²) in [6.45, 7) is 6.38. The largest absolute Gasteiger partial charge is 0.351 e. The van der Waals surface area contributed by atoms with Crippen molar-refractivity contribution in [2.45, 2.75) is 33.2 Å². The van der Waals surface area contributed by atoms with Crippen molar-refractivity contribution in [2.75, 3.05) is 6.54 Å². The molecule has 0 saturated carbocycles. The molecule has 0 saturated heterocycles. The Morgan fingerprint density at radius 2 is 2.24 bits per heavy atom. The first kappa shape index (κ1) is 15.9. The first-order valence-electron chi connectivity index (χ1n) is 5.47. The second-order valence-electron chi connectivity index (χ2n) is 4.37. The van der Waals surface area contributed by atoms with Crippen LogP contribution in [-0.4, -0.2) is 23.7 Å². The minimum atomic E-state index is -0.253. The van der Waals surface area contributed by atoms with E-state index in [0.717, 1.165) is 6.42 Å². The van der Waals surface area contributed by atoms with Gasteiger partial charge in [0.25, 0.3) is 5.91 Å². The zero-order valence-electron chi connectivity index (χ0n) is 10.4. The summed E-state index contributed by atoms with van der Waals surface area (Å²) in [5, 5.41) is 6.49. The molecule has 6 heteroatoms. The molecule has 0 aromatic carbocycles. The van der Waals surface area contributed by atoms with Crippen molar-refractivity contribution in [2.24, 2.45) is 11.7 Å². The molecule has 1 unspecified atom stereocenters. The normalized spacial score (nSPS) is 12.1.